The van der Waals surface area contributed by atoms with Gasteiger partial charge in [-0.1, -0.05) is 49.4 Å². The van der Waals surface area contributed by atoms with E-state index in [4.69, 9.17) is 0 Å². The fourth-order valence-corrected chi connectivity index (χ4v) is 3.89. The number of fused-ring (bicyclic) bond motifs is 2. The summed E-state index contributed by atoms with van der Waals surface area (Å²) in [4.78, 5) is 15.2. The molecule has 3 rings (SSSR count). The lowest BCUT2D eigenvalue weighted by molar-refractivity contribution is -0.136. The van der Waals surface area contributed by atoms with E-state index in [1.807, 2.05) is 18.2 Å². The quantitative estimate of drug-likeness (QED) is 0.762. The van der Waals surface area contributed by atoms with E-state index in [0.29, 0.717) is 18.0 Å². The SMILES string of the molecule is C=C1CC2CCC(C1)N2C(=O)C(CC)c1ccccc1. The summed E-state index contributed by atoms with van der Waals surface area (Å²) in [6.07, 6.45) is 5.20. The van der Waals surface area contributed by atoms with Crippen LogP contribution in [0, 0.1) is 0 Å². The van der Waals surface area contributed by atoms with Crippen molar-refractivity contribution in [3.63, 3.8) is 0 Å². The van der Waals surface area contributed by atoms with Crippen LogP contribution in [0.1, 0.15) is 50.5 Å². The van der Waals surface area contributed by atoms with Crippen LogP contribution in [0.3, 0.4) is 0 Å². The lowest BCUT2D eigenvalue weighted by atomic mass is 9.91. The van der Waals surface area contributed by atoms with Crippen LogP contribution < -0.4 is 0 Å². The van der Waals surface area contributed by atoms with Crippen molar-refractivity contribution in [1.29, 1.82) is 0 Å². The van der Waals surface area contributed by atoms with Gasteiger partial charge in [-0.3, -0.25) is 4.79 Å². The predicted octanol–water partition coefficient (Wildman–Crippen LogP) is 3.89. The van der Waals surface area contributed by atoms with E-state index in [0.717, 1.165) is 37.7 Å². The Labute approximate surface area is 121 Å². The maximum atomic E-state index is 13.0. The summed E-state index contributed by atoms with van der Waals surface area (Å²) in [6.45, 7) is 6.25. The molecule has 1 aromatic carbocycles. The highest BCUT2D eigenvalue weighted by Gasteiger charge is 2.42. The van der Waals surface area contributed by atoms with Gasteiger partial charge in [0, 0.05) is 12.1 Å². The molecule has 2 heteroatoms. The molecular weight excluding hydrogens is 246 g/mol. The second-order valence-electron chi connectivity index (χ2n) is 6.16. The number of carbonyl (C=O) groups excluding carboxylic acids is 1. The molecular formula is C18H23NO. The number of benzene rings is 1. The van der Waals surface area contributed by atoms with Gasteiger partial charge in [-0.05, 0) is 37.7 Å². The van der Waals surface area contributed by atoms with E-state index >= 15 is 0 Å². The number of carbonyl (C=O) groups is 1. The standard InChI is InChI=1S/C18H23NO/c1-3-17(14-7-5-4-6-8-14)18(20)19-15-9-10-16(19)12-13(2)11-15/h4-8,15-17H,2-3,9-12H2,1H3. The van der Waals surface area contributed by atoms with Crippen molar-refractivity contribution < 1.29 is 4.79 Å². The van der Waals surface area contributed by atoms with Crippen LogP contribution in [-0.2, 0) is 4.79 Å². The summed E-state index contributed by atoms with van der Waals surface area (Å²) >= 11 is 0. The van der Waals surface area contributed by atoms with Gasteiger partial charge < -0.3 is 4.90 Å². The molecule has 0 N–H and O–H groups in total. The molecule has 2 aliphatic rings. The van der Waals surface area contributed by atoms with Gasteiger partial charge in [-0.25, -0.2) is 0 Å². The van der Waals surface area contributed by atoms with Crippen LogP contribution >= 0.6 is 0 Å². The number of hydrogen-bond acceptors (Lipinski definition) is 1. The first-order chi connectivity index (χ1) is 9.70. The molecule has 0 aromatic heterocycles. The molecule has 2 aliphatic heterocycles. The van der Waals surface area contributed by atoms with Gasteiger partial charge in [0.05, 0.1) is 5.92 Å². The highest BCUT2D eigenvalue weighted by atomic mass is 16.2. The highest BCUT2D eigenvalue weighted by molar-refractivity contribution is 5.84. The zero-order valence-electron chi connectivity index (χ0n) is 12.2. The summed E-state index contributed by atoms with van der Waals surface area (Å²) in [5, 5.41) is 0. The zero-order valence-corrected chi connectivity index (χ0v) is 12.2. The van der Waals surface area contributed by atoms with Gasteiger partial charge in [0.1, 0.15) is 0 Å². The Hall–Kier alpha value is -1.57. The first-order valence-electron chi connectivity index (χ1n) is 7.74. The Balaban J connectivity index is 1.83. The van der Waals surface area contributed by atoms with Crippen molar-refractivity contribution in [1.82, 2.24) is 4.90 Å². The summed E-state index contributed by atoms with van der Waals surface area (Å²) in [6, 6.07) is 11.0. The minimum Gasteiger partial charge on any atom is -0.336 e. The number of rotatable bonds is 3. The average molecular weight is 269 g/mol. The van der Waals surface area contributed by atoms with E-state index in [1.54, 1.807) is 0 Å². The molecule has 2 heterocycles. The second-order valence-corrected chi connectivity index (χ2v) is 6.16. The number of amides is 1. The van der Waals surface area contributed by atoms with Gasteiger partial charge in [-0.2, -0.15) is 0 Å². The fraction of sp³-hybridized carbons (Fsp3) is 0.500. The molecule has 1 aromatic rings. The second kappa shape index (κ2) is 5.43. The molecule has 2 bridgehead atoms. The van der Waals surface area contributed by atoms with Crippen molar-refractivity contribution >= 4 is 5.91 Å². The fourth-order valence-electron chi connectivity index (χ4n) is 3.89. The number of piperidine rings is 1. The molecule has 1 amide bonds. The van der Waals surface area contributed by atoms with Gasteiger partial charge in [0.2, 0.25) is 5.91 Å². The molecule has 3 unspecified atom stereocenters. The third-order valence-electron chi connectivity index (χ3n) is 4.83. The Morgan fingerprint density at radius 2 is 1.85 bits per heavy atom. The molecule has 3 atom stereocenters. The van der Waals surface area contributed by atoms with Crippen LogP contribution in [0.25, 0.3) is 0 Å². The molecule has 0 spiro atoms. The normalized spacial score (nSPS) is 26.6. The Bertz CT molecular complexity index is 491. The van der Waals surface area contributed by atoms with Gasteiger partial charge in [-0.15, -0.1) is 0 Å². The van der Waals surface area contributed by atoms with E-state index in [9.17, 15) is 4.79 Å². The van der Waals surface area contributed by atoms with E-state index in [-0.39, 0.29) is 5.92 Å². The van der Waals surface area contributed by atoms with Crippen LogP contribution in [0.15, 0.2) is 42.5 Å². The van der Waals surface area contributed by atoms with E-state index in [1.165, 1.54) is 5.57 Å². The van der Waals surface area contributed by atoms with Crippen LogP contribution in [0.4, 0.5) is 0 Å². The van der Waals surface area contributed by atoms with Crippen LogP contribution in [0.2, 0.25) is 0 Å². The topological polar surface area (TPSA) is 20.3 Å². The summed E-state index contributed by atoms with van der Waals surface area (Å²) in [7, 11) is 0. The van der Waals surface area contributed by atoms with Crippen LogP contribution in [0.5, 0.6) is 0 Å². The van der Waals surface area contributed by atoms with Crippen molar-refractivity contribution in [3.8, 4) is 0 Å². The predicted molar refractivity (Wildman–Crippen MR) is 81.5 cm³/mol. The minimum absolute atomic E-state index is 0.0191. The first-order valence-corrected chi connectivity index (χ1v) is 7.74. The lowest BCUT2D eigenvalue weighted by Gasteiger charge is -2.38. The average Bonchev–Trinajstić information content (AvgIpc) is 2.73. The summed E-state index contributed by atoms with van der Waals surface area (Å²) < 4.78 is 0. The molecule has 20 heavy (non-hydrogen) atoms. The van der Waals surface area contributed by atoms with E-state index < -0.39 is 0 Å². The monoisotopic (exact) mass is 269 g/mol. The smallest absolute Gasteiger partial charge is 0.230 e. The van der Waals surface area contributed by atoms with Gasteiger partial charge >= 0.3 is 0 Å². The van der Waals surface area contributed by atoms with Crippen molar-refractivity contribution in [3.05, 3.63) is 48.0 Å². The van der Waals surface area contributed by atoms with Crippen molar-refractivity contribution in [2.45, 2.75) is 57.0 Å². The molecule has 0 saturated carbocycles. The molecule has 0 aliphatic carbocycles. The van der Waals surface area contributed by atoms with Gasteiger partial charge in [0.15, 0.2) is 0 Å². The molecule has 2 nitrogen and oxygen atoms in total. The minimum atomic E-state index is 0.0191. The molecule has 0 radical (unpaired) electrons. The van der Waals surface area contributed by atoms with Crippen molar-refractivity contribution in [2.24, 2.45) is 0 Å². The maximum Gasteiger partial charge on any atom is 0.230 e. The Morgan fingerprint density at radius 3 is 2.40 bits per heavy atom. The lowest BCUT2D eigenvalue weighted by Crippen LogP contribution is -2.46. The molecule has 2 saturated heterocycles. The van der Waals surface area contributed by atoms with Crippen LogP contribution in [-0.4, -0.2) is 22.9 Å². The number of hydrogen-bond donors (Lipinski definition) is 0. The maximum absolute atomic E-state index is 13.0. The molecule has 2 fully saturated rings. The highest BCUT2D eigenvalue weighted by Crippen LogP contribution is 2.40. The first kappa shape index (κ1) is 13.4. The van der Waals surface area contributed by atoms with E-state index in [2.05, 4.69) is 30.5 Å². The third kappa shape index (κ3) is 2.28. The summed E-state index contributed by atoms with van der Waals surface area (Å²) in [5.74, 6) is 0.351. The third-order valence-corrected chi connectivity index (χ3v) is 4.83. The largest absolute Gasteiger partial charge is 0.336 e. The zero-order chi connectivity index (χ0) is 14.1. The molecule has 106 valence electrons. The van der Waals surface area contributed by atoms with Crippen molar-refractivity contribution in [2.75, 3.05) is 0 Å². The Kier molecular flexibility index (Phi) is 3.64. The van der Waals surface area contributed by atoms with Gasteiger partial charge in [0.25, 0.3) is 0 Å². The Morgan fingerprint density at radius 1 is 1.25 bits per heavy atom. The number of nitrogens with zero attached hydrogens (tertiary/aromatic N) is 1. The summed E-state index contributed by atoms with van der Waals surface area (Å²) in [5.41, 5.74) is 2.48.